The van der Waals surface area contributed by atoms with Gasteiger partial charge >= 0.3 is 6.09 Å². The van der Waals surface area contributed by atoms with Crippen molar-refractivity contribution in [2.45, 2.75) is 6.04 Å². The molecule has 1 aliphatic heterocycles. The molecule has 1 fully saturated rings. The number of ether oxygens (including phenoxy) is 3. The number of nitrogens with one attached hydrogen (secondary N) is 1. The molecule has 3 aromatic rings. The molecule has 4 rings (SSSR count). The predicted octanol–water partition coefficient (Wildman–Crippen LogP) is 3.97. The summed E-state index contributed by atoms with van der Waals surface area (Å²) in [6.45, 7) is 0.345. The Hall–Kier alpha value is -3.98. The molecular formula is C24H22N2O4. The van der Waals surface area contributed by atoms with Gasteiger partial charge in [-0.15, -0.1) is 0 Å². The van der Waals surface area contributed by atoms with Crippen molar-refractivity contribution in [3.05, 3.63) is 89.6 Å². The molecule has 152 valence electrons. The lowest BCUT2D eigenvalue weighted by molar-refractivity contribution is 0.177. The van der Waals surface area contributed by atoms with E-state index in [-0.39, 0.29) is 12.1 Å². The number of para-hydroxylation sites is 1. The highest BCUT2D eigenvalue weighted by molar-refractivity contribution is 5.70. The predicted molar refractivity (Wildman–Crippen MR) is 113 cm³/mol. The van der Waals surface area contributed by atoms with Gasteiger partial charge in [0.1, 0.15) is 12.4 Å². The maximum Gasteiger partial charge on any atom is 0.407 e. The summed E-state index contributed by atoms with van der Waals surface area (Å²) in [5.41, 5.74) is 2.68. The van der Waals surface area contributed by atoms with Gasteiger partial charge in [-0.05, 0) is 35.9 Å². The quantitative estimate of drug-likeness (QED) is 0.672. The number of methoxy groups -OCH3 is 2. The second-order valence-corrected chi connectivity index (χ2v) is 6.27. The fourth-order valence-corrected chi connectivity index (χ4v) is 2.70. The Balaban J connectivity index is 0.000000269. The molecule has 1 atom stereocenters. The van der Waals surface area contributed by atoms with Gasteiger partial charge in [-0.25, -0.2) is 9.78 Å². The number of aromatic nitrogens is 1. The molecule has 0 aliphatic carbocycles. The zero-order valence-electron chi connectivity index (χ0n) is 16.8. The number of hydrogen-bond acceptors (Lipinski definition) is 5. The van der Waals surface area contributed by atoms with E-state index < -0.39 is 0 Å². The van der Waals surface area contributed by atoms with E-state index in [4.69, 9.17) is 14.2 Å². The Kier molecular flexibility index (Phi) is 7.28. The van der Waals surface area contributed by atoms with Gasteiger partial charge in [-0.1, -0.05) is 42.2 Å². The Morgan fingerprint density at radius 3 is 2.37 bits per heavy atom. The number of hydrogen-bond donors (Lipinski definition) is 1. The fraction of sp³-hybridized carbons (Fsp3) is 0.167. The molecule has 1 saturated heterocycles. The molecule has 6 nitrogen and oxygen atoms in total. The lowest BCUT2D eigenvalue weighted by Crippen LogP contribution is -2.18. The summed E-state index contributed by atoms with van der Waals surface area (Å²) in [4.78, 5) is 15.1. The minimum Gasteiger partial charge on any atom is -0.497 e. The van der Waals surface area contributed by atoms with Crippen molar-refractivity contribution in [1.82, 2.24) is 10.3 Å². The third kappa shape index (κ3) is 6.01. The van der Waals surface area contributed by atoms with Crippen LogP contribution in [0.4, 0.5) is 4.79 Å². The third-order valence-corrected chi connectivity index (χ3v) is 4.24. The van der Waals surface area contributed by atoms with Gasteiger partial charge in [0.25, 0.3) is 0 Å². The van der Waals surface area contributed by atoms with E-state index >= 15 is 0 Å². The van der Waals surface area contributed by atoms with Gasteiger partial charge in [0.05, 0.1) is 20.3 Å². The molecule has 1 aliphatic rings. The molecular weight excluding hydrogens is 380 g/mol. The molecule has 0 radical (unpaired) electrons. The van der Waals surface area contributed by atoms with Crippen LogP contribution in [-0.2, 0) is 4.74 Å². The van der Waals surface area contributed by atoms with Crippen molar-refractivity contribution in [1.29, 1.82) is 0 Å². The molecule has 0 saturated carbocycles. The van der Waals surface area contributed by atoms with Crippen molar-refractivity contribution in [3.8, 4) is 23.5 Å². The van der Waals surface area contributed by atoms with Crippen LogP contribution in [0.2, 0.25) is 0 Å². The molecule has 6 heteroatoms. The number of cyclic esters (lactones) is 1. The molecule has 1 N–H and O–H groups in total. The highest BCUT2D eigenvalue weighted by Gasteiger charge is 2.23. The van der Waals surface area contributed by atoms with Crippen LogP contribution in [0, 0.1) is 11.8 Å². The van der Waals surface area contributed by atoms with Gasteiger partial charge in [-0.2, -0.15) is 0 Å². The lowest BCUT2D eigenvalue weighted by Gasteiger charge is -2.07. The van der Waals surface area contributed by atoms with Crippen LogP contribution >= 0.6 is 0 Å². The topological polar surface area (TPSA) is 69.7 Å². The van der Waals surface area contributed by atoms with E-state index in [2.05, 4.69) is 22.1 Å². The molecule has 0 unspecified atom stereocenters. The molecule has 1 amide bonds. The normalized spacial score (nSPS) is 14.2. The second-order valence-electron chi connectivity index (χ2n) is 6.27. The first-order valence-corrected chi connectivity index (χ1v) is 9.32. The monoisotopic (exact) mass is 402 g/mol. The molecule has 0 bridgehead atoms. The summed E-state index contributed by atoms with van der Waals surface area (Å²) in [6, 6.07) is 20.9. The molecule has 2 heterocycles. The fourth-order valence-electron chi connectivity index (χ4n) is 2.70. The third-order valence-electron chi connectivity index (χ3n) is 4.24. The molecule has 1 aromatic heterocycles. The smallest absolute Gasteiger partial charge is 0.407 e. The highest BCUT2D eigenvalue weighted by Crippen LogP contribution is 2.19. The van der Waals surface area contributed by atoms with E-state index in [9.17, 15) is 4.79 Å². The Morgan fingerprint density at radius 1 is 0.967 bits per heavy atom. The lowest BCUT2D eigenvalue weighted by atomic mass is 10.0. The number of pyridine rings is 1. The summed E-state index contributed by atoms with van der Waals surface area (Å²) in [6.07, 6.45) is 1.27. The number of alkyl carbamates (subject to hydrolysis) is 1. The average Bonchev–Trinajstić information content (AvgIpc) is 3.25. The minimum absolute atomic E-state index is 0.115. The first-order valence-electron chi connectivity index (χ1n) is 9.32. The van der Waals surface area contributed by atoms with Crippen LogP contribution in [0.5, 0.6) is 11.6 Å². The van der Waals surface area contributed by atoms with Crippen molar-refractivity contribution in [3.63, 3.8) is 0 Å². The SMILES string of the molecule is COc1cc(C#Cc2cccc([C@@H]3COC(=O)N3)c2)ccn1.COc1ccccc1. The Morgan fingerprint density at radius 2 is 1.73 bits per heavy atom. The van der Waals surface area contributed by atoms with Gasteiger partial charge in [0.2, 0.25) is 5.88 Å². The standard InChI is InChI=1S/C17H14N2O3.C7H8O/c1-21-16-10-13(7-8-18-16)6-5-12-3-2-4-14(9-12)15-11-22-17(20)19-15;1-8-7-5-3-2-4-6-7/h2-4,7-10,15H,11H2,1H3,(H,19,20);2-6H,1H3/t15-;/m0./s1. The number of rotatable bonds is 3. The van der Waals surface area contributed by atoms with Crippen LogP contribution in [0.25, 0.3) is 0 Å². The van der Waals surface area contributed by atoms with Crippen LogP contribution < -0.4 is 14.8 Å². The summed E-state index contributed by atoms with van der Waals surface area (Å²) in [7, 11) is 3.23. The number of carbonyl (C=O) groups is 1. The Bertz CT molecular complexity index is 1040. The van der Waals surface area contributed by atoms with Crippen LogP contribution in [0.1, 0.15) is 22.7 Å². The van der Waals surface area contributed by atoms with Crippen molar-refractivity contribution in [2.24, 2.45) is 0 Å². The van der Waals surface area contributed by atoms with E-state index in [0.29, 0.717) is 12.5 Å². The summed E-state index contributed by atoms with van der Waals surface area (Å²) < 4.78 is 14.9. The number of amides is 1. The van der Waals surface area contributed by atoms with E-state index in [0.717, 1.165) is 22.4 Å². The van der Waals surface area contributed by atoms with Crippen molar-refractivity contribution in [2.75, 3.05) is 20.8 Å². The Labute approximate surface area is 175 Å². The average molecular weight is 402 g/mol. The van der Waals surface area contributed by atoms with Gasteiger partial charge in [-0.3, -0.25) is 0 Å². The largest absolute Gasteiger partial charge is 0.497 e. The summed E-state index contributed by atoms with van der Waals surface area (Å²) >= 11 is 0. The van der Waals surface area contributed by atoms with Gasteiger partial charge in [0, 0.05) is 23.4 Å². The van der Waals surface area contributed by atoms with E-state index in [1.165, 1.54) is 0 Å². The molecule has 2 aromatic carbocycles. The van der Waals surface area contributed by atoms with Crippen molar-refractivity contribution < 1.29 is 19.0 Å². The highest BCUT2D eigenvalue weighted by atomic mass is 16.6. The van der Waals surface area contributed by atoms with Crippen LogP contribution in [0.3, 0.4) is 0 Å². The summed E-state index contributed by atoms with van der Waals surface area (Å²) in [5, 5.41) is 2.75. The number of benzene rings is 2. The summed E-state index contributed by atoms with van der Waals surface area (Å²) in [5.74, 6) is 7.62. The number of carbonyl (C=O) groups excluding carboxylic acids is 1. The number of nitrogens with zero attached hydrogens (tertiary/aromatic N) is 1. The van der Waals surface area contributed by atoms with Crippen molar-refractivity contribution >= 4 is 6.09 Å². The van der Waals surface area contributed by atoms with E-state index in [1.54, 1.807) is 26.5 Å². The zero-order valence-corrected chi connectivity index (χ0v) is 16.8. The molecule has 0 spiro atoms. The van der Waals surface area contributed by atoms with E-state index in [1.807, 2.05) is 60.7 Å². The maximum absolute atomic E-state index is 11.1. The first-order chi connectivity index (χ1) is 14.7. The first kappa shape index (κ1) is 20.7. The van der Waals surface area contributed by atoms with Gasteiger partial charge < -0.3 is 19.5 Å². The second kappa shape index (κ2) is 10.5. The maximum atomic E-state index is 11.1. The molecule has 30 heavy (non-hydrogen) atoms. The zero-order chi connectivity index (χ0) is 21.2. The minimum atomic E-state index is -0.384. The van der Waals surface area contributed by atoms with Crippen LogP contribution in [-0.4, -0.2) is 31.9 Å². The van der Waals surface area contributed by atoms with Gasteiger partial charge in [0.15, 0.2) is 0 Å². The van der Waals surface area contributed by atoms with Crippen LogP contribution in [0.15, 0.2) is 72.9 Å².